The molecule has 0 amide bonds. The molecule has 0 aliphatic rings. The number of carbonyl (C=O) groups excluding carboxylic acids is 1. The fraction of sp³-hybridized carbons (Fsp3) is 0.273. The van der Waals surface area contributed by atoms with Crippen molar-refractivity contribution in [2.45, 2.75) is 17.6 Å². The third-order valence-electron chi connectivity index (χ3n) is 4.83. The topological polar surface area (TPSA) is 108 Å². The van der Waals surface area contributed by atoms with Crippen LogP contribution in [0.2, 0.25) is 0 Å². The lowest BCUT2D eigenvalue weighted by Gasteiger charge is -2.11. The summed E-state index contributed by atoms with van der Waals surface area (Å²) >= 11 is 0. The number of alkyl halides is 3. The van der Waals surface area contributed by atoms with Crippen LogP contribution in [0.25, 0.3) is 22.4 Å². The molecule has 8 nitrogen and oxygen atoms in total. The molecule has 182 valence electrons. The number of nitrogens with two attached hydrogens (primary N) is 1. The van der Waals surface area contributed by atoms with E-state index in [0.29, 0.717) is 23.2 Å². The summed E-state index contributed by atoms with van der Waals surface area (Å²) in [6.07, 6.45) is -4.69. The van der Waals surface area contributed by atoms with Crippen molar-refractivity contribution in [3.05, 3.63) is 60.3 Å². The van der Waals surface area contributed by atoms with Crippen molar-refractivity contribution >= 4 is 16.0 Å². The summed E-state index contributed by atoms with van der Waals surface area (Å²) in [6.45, 7) is 0.0808. The van der Waals surface area contributed by atoms with E-state index in [1.165, 1.54) is 18.2 Å². The van der Waals surface area contributed by atoms with Crippen molar-refractivity contribution in [2.75, 3.05) is 27.2 Å². The lowest BCUT2D eigenvalue weighted by molar-refractivity contribution is -0.146. The van der Waals surface area contributed by atoms with Gasteiger partial charge in [0.15, 0.2) is 5.69 Å². The maximum atomic E-state index is 13.3. The summed E-state index contributed by atoms with van der Waals surface area (Å²) in [4.78, 5) is 13.9. The smallest absolute Gasteiger partial charge is 0.435 e. The number of esters is 1. The summed E-state index contributed by atoms with van der Waals surface area (Å²) in [5, 5.41) is 8.73. The van der Waals surface area contributed by atoms with Gasteiger partial charge in [0.05, 0.1) is 10.6 Å². The van der Waals surface area contributed by atoms with Gasteiger partial charge in [-0.05, 0) is 49.0 Å². The van der Waals surface area contributed by atoms with Crippen LogP contribution in [0.5, 0.6) is 0 Å². The second-order valence-electron chi connectivity index (χ2n) is 7.74. The first-order valence-electron chi connectivity index (χ1n) is 10.0. The fourth-order valence-electron chi connectivity index (χ4n) is 3.10. The highest BCUT2D eigenvalue weighted by Crippen LogP contribution is 2.33. The number of likely N-dealkylation sites (N-methyl/N-ethyl adjacent to an activating group) is 1. The maximum Gasteiger partial charge on any atom is 0.435 e. The van der Waals surface area contributed by atoms with Gasteiger partial charge in [-0.15, -0.1) is 0 Å². The maximum absolute atomic E-state index is 13.3. The highest BCUT2D eigenvalue weighted by Gasteiger charge is 2.35. The third kappa shape index (κ3) is 6.43. The van der Waals surface area contributed by atoms with Gasteiger partial charge in [0.1, 0.15) is 13.2 Å². The number of aromatic nitrogens is 2. The number of hydrogen-bond donors (Lipinski definition) is 1. The number of benzene rings is 2. The van der Waals surface area contributed by atoms with Crippen LogP contribution in [0.3, 0.4) is 0 Å². The second kappa shape index (κ2) is 9.95. The van der Waals surface area contributed by atoms with Gasteiger partial charge >= 0.3 is 12.1 Å². The minimum Gasteiger partial charge on any atom is -0.463 e. The van der Waals surface area contributed by atoms with E-state index in [0.717, 1.165) is 10.7 Å². The number of halogens is 3. The second-order valence-corrected chi connectivity index (χ2v) is 9.31. The Labute approximate surface area is 194 Å². The van der Waals surface area contributed by atoms with Crippen LogP contribution in [-0.2, 0) is 32.3 Å². The van der Waals surface area contributed by atoms with E-state index in [9.17, 15) is 26.4 Å². The number of rotatable bonds is 8. The first-order valence-corrected chi connectivity index (χ1v) is 11.6. The molecule has 0 spiro atoms. The van der Waals surface area contributed by atoms with Crippen molar-refractivity contribution < 1.29 is 31.1 Å². The number of sulfonamides is 1. The molecule has 3 aromatic rings. The van der Waals surface area contributed by atoms with E-state index in [1.54, 1.807) is 49.3 Å². The standard InChI is InChI=1S/C22H23F3N4O4S/c1-28(2)10-11-33-21(30)14-29-19(13-20(27-29)22(23,24)25)16-8-6-15(7-9-16)17-4-3-5-18(12-17)34(26,31)32/h3-9,12-13H,10-11,14H2,1-2H3,(H2,26,31,32). The summed E-state index contributed by atoms with van der Waals surface area (Å²) in [5.41, 5.74) is 0.525. The molecule has 1 aromatic heterocycles. The quantitative estimate of drug-likeness (QED) is 0.481. The molecule has 2 aromatic carbocycles. The zero-order valence-electron chi connectivity index (χ0n) is 18.4. The number of hydrogen-bond acceptors (Lipinski definition) is 6. The molecule has 0 aliphatic heterocycles. The lowest BCUT2D eigenvalue weighted by Crippen LogP contribution is -2.22. The Hall–Kier alpha value is -3.22. The van der Waals surface area contributed by atoms with Gasteiger partial charge < -0.3 is 9.64 Å². The first kappa shape index (κ1) is 25.4. The molecule has 0 aliphatic carbocycles. The van der Waals surface area contributed by atoms with Gasteiger partial charge in [-0.25, -0.2) is 13.6 Å². The molecule has 0 atom stereocenters. The molecule has 0 bridgehead atoms. The Balaban J connectivity index is 1.90. The SMILES string of the molecule is CN(C)CCOC(=O)Cn1nc(C(F)(F)F)cc1-c1ccc(-c2cccc(S(N)(=O)=O)c2)cc1. The average Bonchev–Trinajstić information content (AvgIpc) is 3.17. The van der Waals surface area contributed by atoms with Crippen molar-refractivity contribution in [3.8, 4) is 22.4 Å². The van der Waals surface area contributed by atoms with Crippen LogP contribution in [0.15, 0.2) is 59.5 Å². The van der Waals surface area contributed by atoms with Gasteiger partial charge in [-0.2, -0.15) is 18.3 Å². The Morgan fingerprint density at radius 1 is 1.06 bits per heavy atom. The molecule has 0 saturated heterocycles. The fourth-order valence-corrected chi connectivity index (χ4v) is 3.66. The average molecular weight is 497 g/mol. The molecular formula is C22H23F3N4O4S. The predicted octanol–water partition coefficient (Wildman–Crippen LogP) is 2.99. The van der Waals surface area contributed by atoms with Crippen LogP contribution in [-0.4, -0.2) is 56.3 Å². The molecule has 12 heteroatoms. The van der Waals surface area contributed by atoms with Gasteiger partial charge in [0.25, 0.3) is 0 Å². The van der Waals surface area contributed by atoms with E-state index in [1.807, 2.05) is 0 Å². The molecule has 2 N–H and O–H groups in total. The van der Waals surface area contributed by atoms with E-state index < -0.39 is 34.4 Å². The summed E-state index contributed by atoms with van der Waals surface area (Å²) in [7, 11) is -0.298. The highest BCUT2D eigenvalue weighted by atomic mass is 32.2. The molecular weight excluding hydrogens is 473 g/mol. The first-order chi connectivity index (χ1) is 15.8. The van der Waals surface area contributed by atoms with Crippen LogP contribution in [0.4, 0.5) is 13.2 Å². The van der Waals surface area contributed by atoms with Crippen molar-refractivity contribution in [1.82, 2.24) is 14.7 Å². The Bertz CT molecular complexity index is 1270. The van der Waals surface area contributed by atoms with Crippen molar-refractivity contribution in [1.29, 1.82) is 0 Å². The monoisotopic (exact) mass is 496 g/mol. The minimum absolute atomic E-state index is 0.0604. The van der Waals surface area contributed by atoms with Crippen LogP contribution >= 0.6 is 0 Å². The van der Waals surface area contributed by atoms with Crippen LogP contribution in [0, 0.1) is 0 Å². The molecule has 0 saturated carbocycles. The number of carbonyl (C=O) groups is 1. The van der Waals surface area contributed by atoms with Gasteiger partial charge in [0, 0.05) is 6.54 Å². The Morgan fingerprint density at radius 3 is 2.29 bits per heavy atom. The van der Waals surface area contributed by atoms with Crippen LogP contribution < -0.4 is 5.14 Å². The van der Waals surface area contributed by atoms with Gasteiger partial charge in [-0.3, -0.25) is 9.48 Å². The number of ether oxygens (including phenoxy) is 1. The van der Waals surface area contributed by atoms with E-state index in [-0.39, 0.29) is 17.2 Å². The molecule has 0 radical (unpaired) electrons. The zero-order chi connectivity index (χ0) is 25.1. The molecule has 34 heavy (non-hydrogen) atoms. The number of primary sulfonamides is 1. The van der Waals surface area contributed by atoms with E-state index >= 15 is 0 Å². The highest BCUT2D eigenvalue weighted by molar-refractivity contribution is 7.89. The third-order valence-corrected chi connectivity index (χ3v) is 5.74. The molecule has 0 unspecified atom stereocenters. The van der Waals surface area contributed by atoms with Crippen LogP contribution in [0.1, 0.15) is 5.69 Å². The van der Waals surface area contributed by atoms with Gasteiger partial charge in [-0.1, -0.05) is 36.4 Å². The van der Waals surface area contributed by atoms with Crippen molar-refractivity contribution in [3.63, 3.8) is 0 Å². The molecule has 0 fully saturated rings. The summed E-state index contributed by atoms with van der Waals surface area (Å²) < 4.78 is 69.1. The molecule has 1 heterocycles. The zero-order valence-corrected chi connectivity index (χ0v) is 19.2. The Morgan fingerprint density at radius 2 is 1.71 bits per heavy atom. The van der Waals surface area contributed by atoms with Gasteiger partial charge in [0.2, 0.25) is 10.0 Å². The summed E-state index contributed by atoms with van der Waals surface area (Å²) in [6, 6.07) is 13.2. The summed E-state index contributed by atoms with van der Waals surface area (Å²) in [5.74, 6) is -0.712. The number of nitrogens with zero attached hydrogens (tertiary/aromatic N) is 3. The lowest BCUT2D eigenvalue weighted by atomic mass is 10.0. The van der Waals surface area contributed by atoms with E-state index in [4.69, 9.17) is 9.88 Å². The largest absolute Gasteiger partial charge is 0.463 e. The van der Waals surface area contributed by atoms with Crippen molar-refractivity contribution in [2.24, 2.45) is 5.14 Å². The normalized spacial score (nSPS) is 12.2. The van der Waals surface area contributed by atoms with E-state index in [2.05, 4.69) is 5.10 Å². The molecule has 3 rings (SSSR count). The minimum atomic E-state index is -4.69. The Kier molecular flexibility index (Phi) is 7.44. The predicted molar refractivity (Wildman–Crippen MR) is 119 cm³/mol.